The average molecular weight is 146 g/mol. The molecule has 0 aromatic rings. The molecular weight excluding hydrogens is 136 g/mol. The van der Waals surface area contributed by atoms with Crippen LogP contribution in [-0.2, 0) is 19.1 Å². The second-order valence-corrected chi connectivity index (χ2v) is 1.80. The van der Waals surface area contributed by atoms with Gasteiger partial charge in [-0.15, -0.1) is 0 Å². The number of rotatable bonds is 2. The van der Waals surface area contributed by atoms with Crippen LogP contribution >= 0.6 is 0 Å². The topological polar surface area (TPSA) is 55.9 Å². The third-order valence-electron chi connectivity index (χ3n) is 0.610. The molecule has 4 heteroatoms. The Bertz CT molecular complexity index is 124. The van der Waals surface area contributed by atoms with Crippen molar-refractivity contribution >= 4 is 11.8 Å². The van der Waals surface area contributed by atoms with Crippen LogP contribution < -0.4 is 0 Å². The molecule has 58 valence electrons. The summed E-state index contributed by atoms with van der Waals surface area (Å²) in [4.78, 5) is 19.3. The summed E-state index contributed by atoms with van der Waals surface area (Å²) in [7, 11) is 1.50. The quantitative estimate of drug-likeness (QED) is 0.505. The Labute approximate surface area is 59.1 Å². The zero-order chi connectivity index (χ0) is 7.98. The predicted molar refractivity (Wildman–Crippen MR) is 33.5 cm³/mol. The summed E-state index contributed by atoms with van der Waals surface area (Å²) in [6.07, 6.45) is 0. The van der Waals surface area contributed by atoms with E-state index in [0.717, 1.165) is 0 Å². The molecule has 0 radical (unpaired) electrons. The second kappa shape index (κ2) is 4.93. The van der Waals surface area contributed by atoms with Crippen LogP contribution in [0.15, 0.2) is 0 Å². The molecule has 0 spiro atoms. The number of hydrogen-bond donors (Lipinski definition) is 0. The van der Waals surface area contributed by atoms with E-state index in [2.05, 4.69) is 9.47 Å². The van der Waals surface area contributed by atoms with Gasteiger partial charge >= 0.3 is 5.97 Å². The van der Waals surface area contributed by atoms with Crippen molar-refractivity contribution in [1.29, 1.82) is 0 Å². The van der Waals surface area contributed by atoms with Gasteiger partial charge < -0.3 is 9.47 Å². The molecule has 1 fully saturated rings. The van der Waals surface area contributed by atoms with Gasteiger partial charge in [-0.25, -0.2) is 4.79 Å². The Morgan fingerprint density at radius 1 is 1.80 bits per heavy atom. The van der Waals surface area contributed by atoms with Crippen LogP contribution in [0.3, 0.4) is 0 Å². The monoisotopic (exact) mass is 146 g/mol. The minimum Gasteiger partial charge on any atom is -0.451 e. The number of hydrogen-bond acceptors (Lipinski definition) is 4. The van der Waals surface area contributed by atoms with Crippen LogP contribution in [-0.4, -0.2) is 32.1 Å². The molecule has 10 heavy (non-hydrogen) atoms. The van der Waals surface area contributed by atoms with Gasteiger partial charge in [-0.3, -0.25) is 4.79 Å². The Morgan fingerprint density at radius 3 is 2.20 bits per heavy atom. The summed E-state index contributed by atoms with van der Waals surface area (Å²) in [5.74, 6) is -0.0162. The van der Waals surface area contributed by atoms with Crippen molar-refractivity contribution < 1.29 is 19.1 Å². The fourth-order valence-corrected chi connectivity index (χ4v) is 0.233. The van der Waals surface area contributed by atoms with Crippen molar-refractivity contribution in [1.82, 2.24) is 0 Å². The number of epoxide rings is 1. The normalized spacial score (nSPS) is 12.8. The fourth-order valence-electron chi connectivity index (χ4n) is 0.233. The lowest BCUT2D eigenvalue weighted by Crippen LogP contribution is -1.98. The van der Waals surface area contributed by atoms with E-state index in [1.54, 1.807) is 0 Å². The maximum Gasteiger partial charge on any atom is 0.344 e. The second-order valence-electron chi connectivity index (χ2n) is 1.80. The first-order chi connectivity index (χ1) is 4.66. The van der Waals surface area contributed by atoms with Crippen molar-refractivity contribution in [2.24, 2.45) is 0 Å². The molecule has 0 aromatic heterocycles. The molecule has 4 nitrogen and oxygen atoms in total. The standard InChI is InChI=1S/C4H8O2.C2H2O2/c1-4(5)3-6-2;3-2-1-4-2/h3H2,1-2H3;1H2. The molecule has 0 bridgehead atoms. The molecule has 0 aromatic carbocycles. The highest BCUT2D eigenvalue weighted by Crippen LogP contribution is 1.90. The Morgan fingerprint density at radius 2 is 2.20 bits per heavy atom. The molecule has 1 aliphatic heterocycles. The Kier molecular flexibility index (Phi) is 4.49. The molecule has 1 saturated heterocycles. The molecule has 1 heterocycles. The molecule has 0 atom stereocenters. The van der Waals surface area contributed by atoms with Crippen molar-refractivity contribution in [3.05, 3.63) is 0 Å². The van der Waals surface area contributed by atoms with Crippen LogP contribution in [0, 0.1) is 0 Å². The molecule has 0 saturated carbocycles. The zero-order valence-electron chi connectivity index (χ0n) is 6.05. The highest BCUT2D eigenvalue weighted by atomic mass is 16.6. The van der Waals surface area contributed by atoms with Crippen molar-refractivity contribution in [2.45, 2.75) is 6.92 Å². The minimum atomic E-state index is -0.0833. The largest absolute Gasteiger partial charge is 0.451 e. The van der Waals surface area contributed by atoms with Gasteiger partial charge in [-0.05, 0) is 6.92 Å². The first kappa shape index (κ1) is 9.10. The van der Waals surface area contributed by atoms with Gasteiger partial charge in [0.2, 0.25) is 0 Å². The number of cyclic esters (lactones) is 1. The summed E-state index contributed by atoms with van der Waals surface area (Å²) in [6, 6.07) is 0. The van der Waals surface area contributed by atoms with E-state index in [9.17, 15) is 9.59 Å². The van der Waals surface area contributed by atoms with Gasteiger partial charge in [0.15, 0.2) is 12.4 Å². The Hall–Kier alpha value is -0.900. The highest BCUT2D eigenvalue weighted by molar-refractivity contribution is 5.82. The number of ketones is 1. The molecule has 0 aliphatic carbocycles. The summed E-state index contributed by atoms with van der Waals surface area (Å²) >= 11 is 0. The lowest BCUT2D eigenvalue weighted by molar-refractivity contribution is -0.120. The summed E-state index contributed by atoms with van der Waals surface area (Å²) in [5.41, 5.74) is 0. The fraction of sp³-hybridized carbons (Fsp3) is 0.667. The van der Waals surface area contributed by atoms with Crippen molar-refractivity contribution in [3.63, 3.8) is 0 Å². The maximum absolute atomic E-state index is 9.92. The Balaban J connectivity index is 0.000000172. The zero-order valence-corrected chi connectivity index (χ0v) is 6.05. The van der Waals surface area contributed by atoms with Gasteiger partial charge in [0.25, 0.3) is 0 Å². The number of ether oxygens (including phenoxy) is 2. The SMILES string of the molecule is COCC(C)=O.O=C1CO1. The molecule has 0 N–H and O–H groups in total. The molecular formula is C6H10O4. The lowest BCUT2D eigenvalue weighted by atomic mass is 10.5. The summed E-state index contributed by atoms with van der Waals surface area (Å²) < 4.78 is 8.52. The van der Waals surface area contributed by atoms with Crippen LogP contribution in [0.5, 0.6) is 0 Å². The van der Waals surface area contributed by atoms with Crippen LogP contribution in [0.2, 0.25) is 0 Å². The third kappa shape index (κ3) is 10.2. The van der Waals surface area contributed by atoms with Gasteiger partial charge in [0.1, 0.15) is 6.61 Å². The molecule has 1 rings (SSSR count). The van der Waals surface area contributed by atoms with E-state index < -0.39 is 0 Å². The number of Topliss-reactive ketones (excluding diaryl/α,β-unsaturated/α-hetero) is 1. The first-order valence-corrected chi connectivity index (χ1v) is 2.81. The molecule has 1 aliphatic rings. The average Bonchev–Trinajstić information content (AvgIpc) is 2.52. The minimum absolute atomic E-state index is 0.0671. The van der Waals surface area contributed by atoms with Gasteiger partial charge in [0.05, 0.1) is 0 Å². The van der Waals surface area contributed by atoms with E-state index in [-0.39, 0.29) is 18.4 Å². The van der Waals surface area contributed by atoms with Crippen LogP contribution in [0.25, 0.3) is 0 Å². The van der Waals surface area contributed by atoms with E-state index in [4.69, 9.17) is 0 Å². The predicted octanol–water partition coefficient (Wildman–Crippen LogP) is -0.235. The van der Waals surface area contributed by atoms with Gasteiger partial charge in [0, 0.05) is 7.11 Å². The van der Waals surface area contributed by atoms with E-state index in [1.165, 1.54) is 14.0 Å². The van der Waals surface area contributed by atoms with E-state index in [1.807, 2.05) is 0 Å². The molecule has 0 unspecified atom stereocenters. The van der Waals surface area contributed by atoms with Gasteiger partial charge in [-0.2, -0.15) is 0 Å². The van der Waals surface area contributed by atoms with Gasteiger partial charge in [-0.1, -0.05) is 0 Å². The number of carbonyl (C=O) groups excluding carboxylic acids is 2. The number of methoxy groups -OCH3 is 1. The molecule has 0 amide bonds. The van der Waals surface area contributed by atoms with Crippen LogP contribution in [0.4, 0.5) is 0 Å². The highest BCUT2D eigenvalue weighted by Gasteiger charge is 2.15. The smallest absolute Gasteiger partial charge is 0.344 e. The maximum atomic E-state index is 9.92. The first-order valence-electron chi connectivity index (χ1n) is 2.81. The van der Waals surface area contributed by atoms with E-state index in [0.29, 0.717) is 6.61 Å². The lowest BCUT2D eigenvalue weighted by Gasteiger charge is -1.84. The van der Waals surface area contributed by atoms with Crippen LogP contribution in [0.1, 0.15) is 6.92 Å². The van der Waals surface area contributed by atoms with Crippen molar-refractivity contribution in [2.75, 3.05) is 20.3 Å². The summed E-state index contributed by atoms with van der Waals surface area (Å²) in [5, 5.41) is 0. The third-order valence-corrected chi connectivity index (χ3v) is 0.610. The van der Waals surface area contributed by atoms with E-state index >= 15 is 0 Å². The van der Waals surface area contributed by atoms with Crippen molar-refractivity contribution in [3.8, 4) is 0 Å². The summed E-state index contributed by atoms with van der Waals surface area (Å²) in [6.45, 7) is 2.07. The number of carbonyl (C=O) groups is 2.